The van der Waals surface area contributed by atoms with Gasteiger partial charge in [-0.15, -0.1) is 0 Å². The summed E-state index contributed by atoms with van der Waals surface area (Å²) in [4.78, 5) is 28.4. The molecule has 0 unspecified atom stereocenters. The Labute approximate surface area is 207 Å². The van der Waals surface area contributed by atoms with Crippen LogP contribution in [-0.2, 0) is 32.6 Å². The van der Waals surface area contributed by atoms with E-state index in [1.807, 2.05) is 78.9 Å². The number of nitrogens with one attached hydrogen (secondary N) is 1. The van der Waals surface area contributed by atoms with Crippen molar-refractivity contribution in [2.45, 2.75) is 19.0 Å². The zero-order chi connectivity index (χ0) is 25.3. The molecular weight excluding hydrogens is 462 g/mol. The number of hydrogen-bond acceptors (Lipinski definition) is 4. The first-order valence-corrected chi connectivity index (χ1v) is 13.2. The van der Waals surface area contributed by atoms with Gasteiger partial charge < -0.3 is 10.2 Å². The van der Waals surface area contributed by atoms with Crippen LogP contribution < -0.4 is 5.32 Å². The zero-order valence-electron chi connectivity index (χ0n) is 20.0. The highest BCUT2D eigenvalue weighted by molar-refractivity contribution is 7.88. The number of likely N-dealkylation sites (N-methyl/N-ethyl adjacent to an activating group) is 1. The van der Waals surface area contributed by atoms with Crippen molar-refractivity contribution in [1.82, 2.24) is 14.5 Å². The van der Waals surface area contributed by atoms with Gasteiger partial charge in [0.25, 0.3) is 0 Å². The number of carbonyl (C=O) groups excluding carboxylic acids is 2. The van der Waals surface area contributed by atoms with Crippen molar-refractivity contribution in [2.75, 3.05) is 26.4 Å². The minimum absolute atomic E-state index is 0.156. The lowest BCUT2D eigenvalue weighted by molar-refractivity contribution is -0.141. The van der Waals surface area contributed by atoms with Crippen LogP contribution in [0.15, 0.2) is 91.0 Å². The second-order valence-electron chi connectivity index (χ2n) is 8.37. The number of rotatable bonds is 11. The Morgan fingerprint density at radius 3 is 1.89 bits per heavy atom. The van der Waals surface area contributed by atoms with Gasteiger partial charge >= 0.3 is 0 Å². The van der Waals surface area contributed by atoms with Gasteiger partial charge in [0, 0.05) is 20.1 Å². The van der Waals surface area contributed by atoms with Gasteiger partial charge in [-0.2, -0.15) is 4.31 Å². The van der Waals surface area contributed by atoms with Gasteiger partial charge in [-0.25, -0.2) is 8.42 Å². The van der Waals surface area contributed by atoms with Crippen LogP contribution >= 0.6 is 0 Å². The fourth-order valence-corrected chi connectivity index (χ4v) is 4.03. The highest BCUT2D eigenvalue weighted by atomic mass is 32.2. The summed E-state index contributed by atoms with van der Waals surface area (Å²) in [7, 11) is -2.22. The topological polar surface area (TPSA) is 86.8 Å². The van der Waals surface area contributed by atoms with E-state index < -0.39 is 22.0 Å². The third kappa shape index (κ3) is 7.77. The molecule has 35 heavy (non-hydrogen) atoms. The fourth-order valence-electron chi connectivity index (χ4n) is 3.68. The third-order valence-corrected chi connectivity index (χ3v) is 6.93. The molecule has 0 spiro atoms. The van der Waals surface area contributed by atoms with Crippen molar-refractivity contribution in [3.05, 3.63) is 108 Å². The summed E-state index contributed by atoms with van der Waals surface area (Å²) in [5, 5.41) is 2.97. The zero-order valence-corrected chi connectivity index (χ0v) is 20.8. The number of benzene rings is 3. The van der Waals surface area contributed by atoms with E-state index in [0.29, 0.717) is 18.5 Å². The molecule has 3 aromatic carbocycles. The summed E-state index contributed by atoms with van der Waals surface area (Å²) < 4.78 is 24.9. The van der Waals surface area contributed by atoms with E-state index in [-0.39, 0.29) is 19.0 Å². The Morgan fingerprint density at radius 2 is 1.34 bits per heavy atom. The number of hydrogen-bond donors (Lipinski definition) is 1. The van der Waals surface area contributed by atoms with Gasteiger partial charge in [-0.3, -0.25) is 9.59 Å². The lowest BCUT2D eigenvalue weighted by atomic mass is 10.0. The van der Waals surface area contributed by atoms with Crippen molar-refractivity contribution < 1.29 is 18.0 Å². The first kappa shape index (κ1) is 26.1. The molecule has 8 heteroatoms. The molecule has 1 atom stereocenters. The Hall–Kier alpha value is -3.49. The molecule has 0 radical (unpaired) electrons. The first-order valence-electron chi connectivity index (χ1n) is 11.4. The molecule has 0 bridgehead atoms. The number of sulfonamides is 1. The Kier molecular flexibility index (Phi) is 9.17. The molecule has 0 aliphatic rings. The van der Waals surface area contributed by atoms with Crippen LogP contribution in [-0.4, -0.2) is 55.8 Å². The predicted octanol–water partition coefficient (Wildman–Crippen LogP) is 3.01. The van der Waals surface area contributed by atoms with E-state index >= 15 is 0 Å². The minimum Gasteiger partial charge on any atom is -0.354 e. The highest BCUT2D eigenvalue weighted by Crippen LogP contribution is 2.24. The molecule has 0 aliphatic heterocycles. The maximum absolute atomic E-state index is 13.5. The molecule has 2 amide bonds. The number of carbonyl (C=O) groups is 2. The molecule has 7 nitrogen and oxygen atoms in total. The van der Waals surface area contributed by atoms with Crippen LogP contribution in [0.2, 0.25) is 0 Å². The normalized spacial score (nSPS) is 12.2. The van der Waals surface area contributed by atoms with Crippen LogP contribution in [0.5, 0.6) is 0 Å². The minimum atomic E-state index is -3.57. The van der Waals surface area contributed by atoms with E-state index in [1.165, 1.54) is 11.9 Å². The highest BCUT2D eigenvalue weighted by Gasteiger charge is 2.32. The number of nitrogens with zero attached hydrogens (tertiary/aromatic N) is 2. The summed E-state index contributed by atoms with van der Waals surface area (Å²) in [6.07, 6.45) is 1.70. The van der Waals surface area contributed by atoms with Crippen LogP contribution in [0.25, 0.3) is 0 Å². The van der Waals surface area contributed by atoms with Crippen LogP contribution in [0, 0.1) is 0 Å². The Morgan fingerprint density at radius 1 is 0.829 bits per heavy atom. The first-order chi connectivity index (χ1) is 16.8. The maximum Gasteiger partial charge on any atom is 0.247 e. The van der Waals surface area contributed by atoms with E-state index in [4.69, 9.17) is 0 Å². The molecule has 0 aliphatic carbocycles. The van der Waals surface area contributed by atoms with Crippen LogP contribution in [0.3, 0.4) is 0 Å². The van der Waals surface area contributed by atoms with Gasteiger partial charge in [0.2, 0.25) is 21.8 Å². The maximum atomic E-state index is 13.5. The molecule has 3 rings (SSSR count). The van der Waals surface area contributed by atoms with E-state index in [1.54, 1.807) is 12.1 Å². The summed E-state index contributed by atoms with van der Waals surface area (Å²) in [6.45, 7) is 0.192. The van der Waals surface area contributed by atoms with Gasteiger partial charge in [-0.1, -0.05) is 91.0 Å². The molecule has 184 valence electrons. The lowest BCUT2D eigenvalue weighted by Gasteiger charge is -2.32. The van der Waals surface area contributed by atoms with E-state index in [9.17, 15) is 18.0 Å². The molecule has 0 heterocycles. The Bertz CT molecular complexity index is 1200. The molecular formula is C27H31N3O4S. The van der Waals surface area contributed by atoms with Crippen LogP contribution in [0.4, 0.5) is 0 Å². The summed E-state index contributed by atoms with van der Waals surface area (Å²) in [6, 6.07) is 27.3. The van der Waals surface area contributed by atoms with Gasteiger partial charge in [0.15, 0.2) is 0 Å². The molecule has 1 N–H and O–H groups in total. The van der Waals surface area contributed by atoms with Crippen molar-refractivity contribution >= 4 is 21.8 Å². The lowest BCUT2D eigenvalue weighted by Crippen LogP contribution is -2.47. The van der Waals surface area contributed by atoms with Gasteiger partial charge in [-0.05, 0) is 23.1 Å². The van der Waals surface area contributed by atoms with Crippen molar-refractivity contribution in [3.63, 3.8) is 0 Å². The average molecular weight is 494 g/mol. The summed E-state index contributed by atoms with van der Waals surface area (Å²) in [5.74, 6) is -0.785. The number of amides is 2. The summed E-state index contributed by atoms with van der Waals surface area (Å²) >= 11 is 0. The second-order valence-corrected chi connectivity index (χ2v) is 10.5. The monoisotopic (exact) mass is 493 g/mol. The smallest absolute Gasteiger partial charge is 0.247 e. The average Bonchev–Trinajstić information content (AvgIpc) is 2.85. The SMILES string of the molecule is CN(CC(=O)N(Cc1ccccc1)[C@H](C(=O)NCCc1ccccc1)c1ccccc1)S(C)(=O)=O. The second kappa shape index (κ2) is 12.3. The molecule has 0 aromatic heterocycles. The quantitative estimate of drug-likeness (QED) is 0.445. The van der Waals surface area contributed by atoms with Crippen molar-refractivity contribution in [1.29, 1.82) is 0 Å². The summed E-state index contributed by atoms with van der Waals surface area (Å²) in [5.41, 5.74) is 2.58. The third-order valence-electron chi connectivity index (χ3n) is 5.67. The molecule has 3 aromatic rings. The van der Waals surface area contributed by atoms with Gasteiger partial charge in [0.05, 0.1) is 12.8 Å². The molecule has 0 saturated carbocycles. The molecule has 0 saturated heterocycles. The van der Waals surface area contributed by atoms with Crippen molar-refractivity contribution in [2.24, 2.45) is 0 Å². The van der Waals surface area contributed by atoms with Gasteiger partial charge in [0.1, 0.15) is 6.04 Å². The standard InChI is InChI=1S/C27H31N3O4S/c1-29(35(2,33)34)21-25(31)30(20-23-14-8-4-9-15-23)26(24-16-10-5-11-17-24)27(32)28-19-18-22-12-6-3-7-13-22/h3-17,26H,18-21H2,1-2H3,(H,28,32)/t26-/m0/s1. The van der Waals surface area contributed by atoms with E-state index in [0.717, 1.165) is 21.7 Å². The Balaban J connectivity index is 1.90. The largest absolute Gasteiger partial charge is 0.354 e. The predicted molar refractivity (Wildman–Crippen MR) is 137 cm³/mol. The van der Waals surface area contributed by atoms with Crippen molar-refractivity contribution in [3.8, 4) is 0 Å². The molecule has 0 fully saturated rings. The van der Waals surface area contributed by atoms with E-state index in [2.05, 4.69) is 5.32 Å². The fraction of sp³-hybridized carbons (Fsp3) is 0.259. The van der Waals surface area contributed by atoms with Crippen LogP contribution in [0.1, 0.15) is 22.7 Å².